The summed E-state index contributed by atoms with van der Waals surface area (Å²) < 4.78 is 0. The molecular weight excluding hydrogens is 288 g/mol. The molecule has 1 aliphatic rings. The Bertz CT molecular complexity index is 490. The van der Waals surface area contributed by atoms with Gasteiger partial charge in [-0.15, -0.1) is 0 Å². The summed E-state index contributed by atoms with van der Waals surface area (Å²) in [4.78, 5) is 23.5. The van der Waals surface area contributed by atoms with Crippen molar-refractivity contribution in [1.82, 2.24) is 0 Å². The van der Waals surface area contributed by atoms with E-state index < -0.39 is 4.92 Å². The van der Waals surface area contributed by atoms with Gasteiger partial charge in [0.1, 0.15) is 0 Å². The van der Waals surface area contributed by atoms with Crippen LogP contribution in [0.2, 0.25) is 0 Å². The van der Waals surface area contributed by atoms with Crippen molar-refractivity contribution < 1.29 is 9.72 Å². The molecule has 0 aromatic heterocycles. The summed E-state index contributed by atoms with van der Waals surface area (Å²) in [5.41, 5.74) is 1.55. The molecule has 0 saturated carbocycles. The van der Waals surface area contributed by atoms with Crippen molar-refractivity contribution in [1.29, 1.82) is 0 Å². The maximum Gasteiger partial charge on any atom is 0.269 e. The Morgan fingerprint density at radius 2 is 2.24 bits per heavy atom. The molecule has 0 bridgehead atoms. The molecule has 0 N–H and O–H groups in total. The van der Waals surface area contributed by atoms with E-state index in [1.807, 2.05) is 0 Å². The van der Waals surface area contributed by atoms with Gasteiger partial charge in [0.05, 0.1) is 9.75 Å². The third kappa shape index (κ3) is 2.17. The van der Waals surface area contributed by atoms with Gasteiger partial charge in [-0.3, -0.25) is 14.9 Å². The Labute approximate surface area is 107 Å². The largest absolute Gasteiger partial charge is 0.311 e. The van der Waals surface area contributed by atoms with Crippen LogP contribution in [0.5, 0.6) is 0 Å². The summed E-state index contributed by atoms with van der Waals surface area (Å²) in [5, 5.41) is 10.6. The minimum absolute atomic E-state index is 0.0157. The zero-order valence-electron chi connectivity index (χ0n) is 9.22. The lowest BCUT2D eigenvalue weighted by Crippen LogP contribution is -2.27. The predicted molar refractivity (Wildman–Crippen MR) is 67.5 cm³/mol. The molecule has 1 aromatic carbocycles. The molecule has 90 valence electrons. The van der Waals surface area contributed by atoms with E-state index in [9.17, 15) is 14.9 Å². The molecule has 0 spiro atoms. The van der Waals surface area contributed by atoms with E-state index in [1.165, 1.54) is 12.1 Å². The standard InChI is InChI=1S/C11H11BrN2O3/c1-7-6-8(14(16)17)2-3-10(7)13-5-4-9(12)11(13)15/h2-3,6,9H,4-5H2,1H3. The van der Waals surface area contributed by atoms with Crippen LogP contribution in [0.25, 0.3) is 0 Å². The van der Waals surface area contributed by atoms with E-state index >= 15 is 0 Å². The molecule has 1 unspecified atom stereocenters. The van der Waals surface area contributed by atoms with Crippen molar-refractivity contribution in [3.63, 3.8) is 0 Å². The van der Waals surface area contributed by atoms with Crippen LogP contribution in [0.3, 0.4) is 0 Å². The summed E-state index contributed by atoms with van der Waals surface area (Å²) in [6.07, 6.45) is 0.759. The molecule has 1 heterocycles. The number of benzene rings is 1. The van der Waals surface area contributed by atoms with Gasteiger partial charge in [-0.1, -0.05) is 15.9 Å². The first-order valence-electron chi connectivity index (χ1n) is 5.21. The zero-order chi connectivity index (χ0) is 12.6. The lowest BCUT2D eigenvalue weighted by atomic mass is 10.1. The third-order valence-electron chi connectivity index (χ3n) is 2.82. The van der Waals surface area contributed by atoms with Gasteiger partial charge in [0.25, 0.3) is 5.69 Å². The third-order valence-corrected chi connectivity index (χ3v) is 3.67. The van der Waals surface area contributed by atoms with Crippen LogP contribution >= 0.6 is 15.9 Å². The lowest BCUT2D eigenvalue weighted by Gasteiger charge is -2.18. The SMILES string of the molecule is Cc1cc([N+](=O)[O-])ccc1N1CCC(Br)C1=O. The molecule has 17 heavy (non-hydrogen) atoms. The average molecular weight is 299 g/mol. The topological polar surface area (TPSA) is 63.5 Å². The maximum absolute atomic E-state index is 11.8. The Morgan fingerprint density at radius 3 is 2.71 bits per heavy atom. The predicted octanol–water partition coefficient (Wildman–Crippen LogP) is 2.40. The van der Waals surface area contributed by atoms with E-state index in [-0.39, 0.29) is 16.4 Å². The molecule has 0 radical (unpaired) electrons. The number of alkyl halides is 1. The summed E-state index contributed by atoms with van der Waals surface area (Å²) in [6.45, 7) is 2.42. The molecule has 1 fully saturated rings. The van der Waals surface area contributed by atoms with E-state index in [1.54, 1.807) is 17.9 Å². The van der Waals surface area contributed by atoms with Crippen molar-refractivity contribution in [2.24, 2.45) is 0 Å². The van der Waals surface area contributed by atoms with Gasteiger partial charge in [0.15, 0.2) is 0 Å². The summed E-state index contributed by atoms with van der Waals surface area (Å²) in [6, 6.07) is 4.55. The first-order valence-corrected chi connectivity index (χ1v) is 6.13. The molecule has 6 heteroatoms. The van der Waals surface area contributed by atoms with Crippen LogP contribution in [0.15, 0.2) is 18.2 Å². The molecule has 1 aliphatic heterocycles. The fraction of sp³-hybridized carbons (Fsp3) is 0.364. The average Bonchev–Trinajstić information content (AvgIpc) is 2.60. The van der Waals surface area contributed by atoms with Gasteiger partial charge in [-0.2, -0.15) is 0 Å². The number of nitrogens with zero attached hydrogens (tertiary/aromatic N) is 2. The van der Waals surface area contributed by atoms with E-state index in [2.05, 4.69) is 15.9 Å². The van der Waals surface area contributed by atoms with Crippen LogP contribution in [0.4, 0.5) is 11.4 Å². The molecule has 2 rings (SSSR count). The van der Waals surface area contributed by atoms with E-state index in [4.69, 9.17) is 0 Å². The number of amides is 1. The number of aryl methyl sites for hydroxylation is 1. The highest BCUT2D eigenvalue weighted by Crippen LogP contribution is 2.30. The van der Waals surface area contributed by atoms with Crippen LogP contribution in [0.1, 0.15) is 12.0 Å². The van der Waals surface area contributed by atoms with E-state index in [0.717, 1.165) is 17.7 Å². The van der Waals surface area contributed by atoms with Crippen LogP contribution in [-0.2, 0) is 4.79 Å². The van der Waals surface area contributed by atoms with E-state index in [0.29, 0.717) is 6.54 Å². The zero-order valence-corrected chi connectivity index (χ0v) is 10.8. The van der Waals surface area contributed by atoms with Crippen LogP contribution in [0, 0.1) is 17.0 Å². The first-order chi connectivity index (χ1) is 8.00. The number of nitro groups is 1. The highest BCUT2D eigenvalue weighted by molar-refractivity contribution is 9.10. The first kappa shape index (κ1) is 12.0. The Hall–Kier alpha value is -1.43. The number of carbonyl (C=O) groups excluding carboxylic acids is 1. The normalized spacial score (nSPS) is 19.8. The van der Waals surface area contributed by atoms with Gasteiger partial charge in [-0.25, -0.2) is 0 Å². The number of halogens is 1. The van der Waals surface area contributed by atoms with Crippen LogP contribution < -0.4 is 4.90 Å². The monoisotopic (exact) mass is 298 g/mol. The number of nitro benzene ring substituents is 1. The van der Waals surface area contributed by atoms with Gasteiger partial charge in [-0.05, 0) is 25.0 Å². The number of carbonyl (C=O) groups is 1. The highest BCUT2D eigenvalue weighted by atomic mass is 79.9. The van der Waals surface area contributed by atoms with Crippen molar-refractivity contribution in [3.8, 4) is 0 Å². The maximum atomic E-state index is 11.8. The highest BCUT2D eigenvalue weighted by Gasteiger charge is 2.31. The second-order valence-electron chi connectivity index (χ2n) is 3.97. The van der Waals surface area contributed by atoms with Gasteiger partial charge < -0.3 is 4.90 Å². The summed E-state index contributed by atoms with van der Waals surface area (Å²) >= 11 is 3.30. The van der Waals surface area contributed by atoms with Gasteiger partial charge in [0.2, 0.25) is 5.91 Å². The molecule has 1 aromatic rings. The number of hydrogen-bond acceptors (Lipinski definition) is 3. The summed E-state index contributed by atoms with van der Waals surface area (Å²) in [5.74, 6) is 0.0157. The second kappa shape index (κ2) is 4.44. The molecule has 1 amide bonds. The molecule has 1 atom stereocenters. The van der Waals surface area contributed by atoms with Crippen molar-refractivity contribution >= 4 is 33.2 Å². The number of anilines is 1. The molecule has 5 nitrogen and oxygen atoms in total. The lowest BCUT2D eigenvalue weighted by molar-refractivity contribution is -0.384. The second-order valence-corrected chi connectivity index (χ2v) is 5.08. The fourth-order valence-electron chi connectivity index (χ4n) is 1.94. The number of non-ortho nitro benzene ring substituents is 1. The number of rotatable bonds is 2. The van der Waals surface area contributed by atoms with Crippen molar-refractivity contribution in [2.45, 2.75) is 18.2 Å². The minimum atomic E-state index is -0.435. The fourth-order valence-corrected chi connectivity index (χ4v) is 2.39. The Kier molecular flexibility index (Phi) is 3.15. The minimum Gasteiger partial charge on any atom is -0.311 e. The molecule has 0 aliphatic carbocycles. The summed E-state index contributed by atoms with van der Waals surface area (Å²) in [7, 11) is 0. The van der Waals surface area contributed by atoms with Crippen molar-refractivity contribution in [3.05, 3.63) is 33.9 Å². The smallest absolute Gasteiger partial charge is 0.269 e. The van der Waals surface area contributed by atoms with Gasteiger partial charge in [0, 0.05) is 24.4 Å². The quantitative estimate of drug-likeness (QED) is 0.478. The Morgan fingerprint density at radius 1 is 1.53 bits per heavy atom. The number of hydrogen-bond donors (Lipinski definition) is 0. The molecule has 1 saturated heterocycles. The van der Waals surface area contributed by atoms with Crippen LogP contribution in [-0.4, -0.2) is 22.2 Å². The molecular formula is C11H11BrN2O3. The van der Waals surface area contributed by atoms with Crippen molar-refractivity contribution in [2.75, 3.05) is 11.4 Å². The van der Waals surface area contributed by atoms with Gasteiger partial charge >= 0.3 is 0 Å². The Balaban J connectivity index is 2.34.